The smallest absolute Gasteiger partial charge is 0.238 e. The molecule has 92 valence electrons. The van der Waals surface area contributed by atoms with Crippen LogP contribution in [0.1, 0.15) is 34.6 Å². The summed E-state index contributed by atoms with van der Waals surface area (Å²) in [6, 6.07) is 0. The predicted molar refractivity (Wildman–Crippen MR) is 70.9 cm³/mol. The van der Waals surface area contributed by atoms with E-state index in [0.29, 0.717) is 11.5 Å². The second-order valence-electron chi connectivity index (χ2n) is 2.34. The molecular formula is C14H24O2. The zero-order valence-corrected chi connectivity index (χ0v) is 11.1. The van der Waals surface area contributed by atoms with Crippen LogP contribution < -0.4 is 0 Å². The number of hydrogen-bond donors (Lipinski definition) is 0. The fourth-order valence-electron chi connectivity index (χ4n) is 0.955. The van der Waals surface area contributed by atoms with E-state index in [9.17, 15) is 0 Å². The summed E-state index contributed by atoms with van der Waals surface area (Å²) in [6.07, 6.45) is 6.63. The third-order valence-corrected chi connectivity index (χ3v) is 1.37. The molecule has 0 aliphatic carbocycles. The van der Waals surface area contributed by atoms with Gasteiger partial charge in [0, 0.05) is 6.92 Å². The molecule has 1 aliphatic heterocycles. The first-order chi connectivity index (χ1) is 7.77. The van der Waals surface area contributed by atoms with Crippen molar-refractivity contribution in [3.63, 3.8) is 0 Å². The van der Waals surface area contributed by atoms with E-state index in [-0.39, 0.29) is 6.29 Å². The summed E-state index contributed by atoms with van der Waals surface area (Å²) >= 11 is 0. The molecule has 0 radical (unpaired) electrons. The van der Waals surface area contributed by atoms with Crippen LogP contribution >= 0.6 is 0 Å². The van der Waals surface area contributed by atoms with Gasteiger partial charge in [0.25, 0.3) is 0 Å². The zero-order chi connectivity index (χ0) is 13.0. The summed E-state index contributed by atoms with van der Waals surface area (Å²) in [5.41, 5.74) is 0. The Hall–Kier alpha value is -1.44. The highest BCUT2D eigenvalue weighted by Gasteiger charge is 2.21. The second-order valence-corrected chi connectivity index (χ2v) is 2.34. The highest BCUT2D eigenvalue weighted by atomic mass is 16.7. The van der Waals surface area contributed by atoms with Crippen molar-refractivity contribution in [2.75, 3.05) is 0 Å². The molecule has 1 fully saturated rings. The van der Waals surface area contributed by atoms with Gasteiger partial charge in [-0.2, -0.15) is 0 Å². The number of hydrogen-bond acceptors (Lipinski definition) is 2. The minimum absolute atomic E-state index is 0.220. The molecule has 0 aromatic carbocycles. The molecule has 0 aromatic rings. The van der Waals surface area contributed by atoms with Crippen LogP contribution in [0.3, 0.4) is 0 Å². The third kappa shape index (κ3) is 6.12. The largest absolute Gasteiger partial charge is 0.451 e. The third-order valence-electron chi connectivity index (χ3n) is 1.37. The first-order valence-electron chi connectivity index (χ1n) is 5.77. The van der Waals surface area contributed by atoms with Crippen LogP contribution in [0.2, 0.25) is 0 Å². The number of ether oxygens (including phenoxy) is 2. The fraction of sp³-hybridized carbons (Fsp3) is 0.429. The lowest BCUT2D eigenvalue weighted by Gasteiger charge is -1.98. The molecular weight excluding hydrogens is 200 g/mol. The molecule has 2 nitrogen and oxygen atoms in total. The second kappa shape index (κ2) is 11.6. The minimum atomic E-state index is -0.220. The van der Waals surface area contributed by atoms with Crippen LogP contribution in [-0.2, 0) is 9.47 Å². The average molecular weight is 224 g/mol. The molecule has 0 spiro atoms. The molecule has 0 saturated carbocycles. The molecule has 1 heterocycles. The van der Waals surface area contributed by atoms with Crippen molar-refractivity contribution in [2.45, 2.75) is 40.9 Å². The summed E-state index contributed by atoms with van der Waals surface area (Å²) in [7, 11) is 0. The highest BCUT2D eigenvalue weighted by Crippen LogP contribution is 2.25. The maximum atomic E-state index is 5.32. The van der Waals surface area contributed by atoms with E-state index < -0.39 is 0 Å². The topological polar surface area (TPSA) is 18.5 Å². The first kappa shape index (κ1) is 17.0. The van der Waals surface area contributed by atoms with Crippen molar-refractivity contribution in [2.24, 2.45) is 0 Å². The summed E-state index contributed by atoms with van der Waals surface area (Å²) < 4.78 is 10.6. The molecule has 0 atom stereocenters. The van der Waals surface area contributed by atoms with Gasteiger partial charge in [-0.05, 0) is 12.2 Å². The van der Waals surface area contributed by atoms with Gasteiger partial charge in [0.15, 0.2) is 11.5 Å². The summed E-state index contributed by atoms with van der Waals surface area (Å²) in [6.45, 7) is 17.0. The van der Waals surface area contributed by atoms with Crippen LogP contribution in [0.5, 0.6) is 0 Å². The van der Waals surface area contributed by atoms with Gasteiger partial charge < -0.3 is 9.47 Å². The molecule has 0 aromatic heterocycles. The summed E-state index contributed by atoms with van der Waals surface area (Å²) in [5.74, 6) is 1.41. The molecule has 1 saturated heterocycles. The Balaban J connectivity index is 0. The number of rotatable bonds is 2. The van der Waals surface area contributed by atoms with Crippen LogP contribution in [0.4, 0.5) is 0 Å². The van der Waals surface area contributed by atoms with E-state index in [2.05, 4.69) is 13.2 Å². The number of allylic oxidation sites excluding steroid dienone is 4. The van der Waals surface area contributed by atoms with Crippen LogP contribution in [0.15, 0.2) is 49.0 Å². The van der Waals surface area contributed by atoms with Gasteiger partial charge in [-0.25, -0.2) is 0 Å². The van der Waals surface area contributed by atoms with Gasteiger partial charge in [-0.3, -0.25) is 0 Å². The average Bonchev–Trinajstić information content (AvgIpc) is 2.66. The quantitative estimate of drug-likeness (QED) is 0.684. The van der Waals surface area contributed by atoms with Crippen LogP contribution in [-0.4, -0.2) is 6.29 Å². The minimum Gasteiger partial charge on any atom is -0.451 e. The molecule has 0 N–H and O–H groups in total. The molecule has 1 rings (SSSR count). The highest BCUT2D eigenvalue weighted by molar-refractivity contribution is 5.28. The Bertz CT molecular complexity index is 223. The molecule has 1 aliphatic rings. The van der Waals surface area contributed by atoms with E-state index in [1.807, 2.05) is 34.6 Å². The van der Waals surface area contributed by atoms with Crippen LogP contribution in [0, 0.1) is 0 Å². The Kier molecular flexibility index (Phi) is 12.3. The van der Waals surface area contributed by atoms with Gasteiger partial charge in [0.2, 0.25) is 6.29 Å². The molecule has 16 heavy (non-hydrogen) atoms. The van der Waals surface area contributed by atoms with Gasteiger partial charge in [-0.15, -0.1) is 0 Å². The van der Waals surface area contributed by atoms with Crippen molar-refractivity contribution < 1.29 is 9.47 Å². The van der Waals surface area contributed by atoms with Gasteiger partial charge >= 0.3 is 0 Å². The van der Waals surface area contributed by atoms with Crippen molar-refractivity contribution >= 4 is 0 Å². The van der Waals surface area contributed by atoms with E-state index >= 15 is 0 Å². The summed E-state index contributed by atoms with van der Waals surface area (Å²) in [4.78, 5) is 0. The van der Waals surface area contributed by atoms with Crippen molar-refractivity contribution in [1.82, 2.24) is 0 Å². The van der Waals surface area contributed by atoms with Crippen LogP contribution in [0.25, 0.3) is 0 Å². The Labute approximate surface area is 100.0 Å². The van der Waals surface area contributed by atoms with Gasteiger partial charge in [0.1, 0.15) is 0 Å². The SMILES string of the molecule is C=C/C=C1/OC(C)O/C1=C/C=C.CC.CC. The maximum Gasteiger partial charge on any atom is 0.238 e. The predicted octanol–water partition coefficient (Wildman–Crippen LogP) is 4.57. The Morgan fingerprint density at radius 2 is 1.19 bits per heavy atom. The lowest BCUT2D eigenvalue weighted by Crippen LogP contribution is -1.97. The van der Waals surface area contributed by atoms with E-state index in [1.165, 1.54) is 0 Å². The fourth-order valence-corrected chi connectivity index (χ4v) is 0.955. The lowest BCUT2D eigenvalue weighted by molar-refractivity contribution is -0.000504. The zero-order valence-electron chi connectivity index (χ0n) is 11.1. The van der Waals surface area contributed by atoms with Crippen molar-refractivity contribution in [3.8, 4) is 0 Å². The Morgan fingerprint density at radius 1 is 0.875 bits per heavy atom. The monoisotopic (exact) mass is 224 g/mol. The van der Waals surface area contributed by atoms with Crippen molar-refractivity contribution in [3.05, 3.63) is 49.0 Å². The summed E-state index contributed by atoms with van der Waals surface area (Å²) in [5, 5.41) is 0. The molecule has 2 heteroatoms. The molecule has 0 unspecified atom stereocenters. The Morgan fingerprint density at radius 3 is 1.44 bits per heavy atom. The van der Waals surface area contributed by atoms with Crippen molar-refractivity contribution in [1.29, 1.82) is 0 Å². The standard InChI is InChI=1S/C10H12O2.2C2H6/c1-4-6-9-10(7-5-2)12-8(3)11-9;2*1-2/h4-8H,1-2H2,3H3;2*1-2H3/b9-6+,10-7+;;. The van der Waals surface area contributed by atoms with E-state index in [4.69, 9.17) is 9.47 Å². The molecule has 0 bridgehead atoms. The normalized spacial score (nSPS) is 18.6. The van der Waals surface area contributed by atoms with Gasteiger partial charge in [0.05, 0.1) is 0 Å². The maximum absolute atomic E-state index is 5.32. The molecule has 0 amide bonds. The van der Waals surface area contributed by atoms with E-state index in [1.54, 1.807) is 24.3 Å². The van der Waals surface area contributed by atoms with E-state index in [0.717, 1.165) is 0 Å². The first-order valence-corrected chi connectivity index (χ1v) is 5.77. The lowest BCUT2D eigenvalue weighted by atomic mass is 10.3. The van der Waals surface area contributed by atoms with Gasteiger partial charge in [-0.1, -0.05) is 53.0 Å².